The van der Waals surface area contributed by atoms with Crippen LogP contribution in [-0.4, -0.2) is 30.7 Å². The Morgan fingerprint density at radius 2 is 1.85 bits per heavy atom. The average molecular weight is 518 g/mol. The average Bonchev–Trinajstić information content (AvgIpc) is 3.31. The summed E-state index contributed by atoms with van der Waals surface area (Å²) in [6, 6.07) is 6.69. The van der Waals surface area contributed by atoms with Crippen molar-refractivity contribution in [2.45, 2.75) is 30.5 Å². The van der Waals surface area contributed by atoms with Crippen LogP contribution >= 0.6 is 11.8 Å². The van der Waals surface area contributed by atoms with Gasteiger partial charge < -0.3 is 0 Å². The Kier molecular flexibility index (Phi) is 6.65. The third kappa shape index (κ3) is 5.07. The van der Waals surface area contributed by atoms with E-state index in [0.717, 1.165) is 17.4 Å². The standard InChI is InChI=1S/C22H17F6N3OS2/c1-2-33-20-29-11-17(34(20)32)8-13-3-6-19-15(7-13)10-30-31(19)12-14-4-5-16(21(23,24)25)9-18(14)22(26,27)28/h3-11,20H,2,12H2,1H3. The number of aliphatic imine (C=N–C) groups is 1. The summed E-state index contributed by atoms with van der Waals surface area (Å²) in [5.74, 6) is 0.779. The van der Waals surface area contributed by atoms with Crippen LogP contribution in [0.1, 0.15) is 29.2 Å². The predicted molar refractivity (Wildman–Crippen MR) is 122 cm³/mol. The van der Waals surface area contributed by atoms with Gasteiger partial charge in [0.1, 0.15) is 0 Å². The van der Waals surface area contributed by atoms with Gasteiger partial charge in [0, 0.05) is 11.6 Å². The molecule has 1 aromatic heterocycles. The zero-order chi connectivity index (χ0) is 24.7. The molecule has 1 aliphatic heterocycles. The summed E-state index contributed by atoms with van der Waals surface area (Å²) in [4.78, 5) is 4.80. The van der Waals surface area contributed by atoms with Crippen LogP contribution in [0.25, 0.3) is 17.0 Å². The lowest BCUT2D eigenvalue weighted by atomic mass is 10.0. The number of fused-ring (bicyclic) bond motifs is 1. The van der Waals surface area contributed by atoms with Gasteiger partial charge in [0.25, 0.3) is 0 Å². The molecule has 0 bridgehead atoms. The van der Waals surface area contributed by atoms with Gasteiger partial charge in [-0.3, -0.25) is 13.9 Å². The summed E-state index contributed by atoms with van der Waals surface area (Å²) in [6.07, 6.45) is -5.08. The first-order valence-corrected chi connectivity index (χ1v) is 12.2. The predicted octanol–water partition coefficient (Wildman–Crippen LogP) is 6.33. The molecule has 4 rings (SSSR count). The van der Waals surface area contributed by atoms with Gasteiger partial charge in [0.2, 0.25) is 0 Å². The minimum absolute atomic E-state index is 0.124. The van der Waals surface area contributed by atoms with Gasteiger partial charge in [-0.15, -0.1) is 11.8 Å². The maximum Gasteiger partial charge on any atom is 0.416 e. The topological polar surface area (TPSA) is 47.2 Å². The molecule has 2 unspecified atom stereocenters. The van der Waals surface area contributed by atoms with Crippen molar-refractivity contribution in [2.24, 2.45) is 4.99 Å². The second-order valence-corrected chi connectivity index (χ2v) is 10.5. The molecule has 12 heteroatoms. The van der Waals surface area contributed by atoms with Crippen molar-refractivity contribution in [3.05, 3.63) is 69.8 Å². The highest BCUT2D eigenvalue weighted by molar-refractivity contribution is 8.13. The van der Waals surface area contributed by atoms with Gasteiger partial charge in [-0.2, -0.15) is 31.4 Å². The molecule has 0 aliphatic carbocycles. The van der Waals surface area contributed by atoms with Gasteiger partial charge in [0.15, 0.2) is 4.71 Å². The van der Waals surface area contributed by atoms with E-state index in [9.17, 15) is 30.6 Å². The largest absolute Gasteiger partial charge is 0.416 e. The van der Waals surface area contributed by atoms with E-state index in [1.54, 1.807) is 30.5 Å². The molecule has 2 atom stereocenters. The molecule has 180 valence electrons. The number of thioether (sulfide) groups is 1. The molecule has 34 heavy (non-hydrogen) atoms. The van der Waals surface area contributed by atoms with E-state index in [1.165, 1.54) is 22.6 Å². The van der Waals surface area contributed by atoms with Crippen molar-refractivity contribution >= 4 is 45.8 Å². The third-order valence-electron chi connectivity index (χ3n) is 5.09. The number of aromatic nitrogens is 2. The number of hydrogen-bond donors (Lipinski definition) is 0. The molecule has 4 nitrogen and oxygen atoms in total. The minimum atomic E-state index is -4.95. The van der Waals surface area contributed by atoms with Crippen LogP contribution in [-0.2, 0) is 29.7 Å². The van der Waals surface area contributed by atoms with Gasteiger partial charge >= 0.3 is 12.4 Å². The normalized spacial score (nSPS) is 20.0. The van der Waals surface area contributed by atoms with E-state index in [2.05, 4.69) is 10.1 Å². The number of allylic oxidation sites excluding steroid dienone is 1. The summed E-state index contributed by atoms with van der Waals surface area (Å²) in [7, 11) is -1.28. The van der Waals surface area contributed by atoms with Crippen molar-refractivity contribution in [3.63, 3.8) is 0 Å². The van der Waals surface area contributed by atoms with Gasteiger partial charge in [0.05, 0.1) is 45.1 Å². The first-order chi connectivity index (χ1) is 16.0. The molecule has 3 aromatic rings. The number of hydrogen-bond acceptors (Lipinski definition) is 4. The van der Waals surface area contributed by atoms with Crippen LogP contribution < -0.4 is 0 Å². The number of rotatable bonds is 5. The van der Waals surface area contributed by atoms with Gasteiger partial charge in [-0.1, -0.05) is 19.1 Å². The first kappa shape index (κ1) is 24.5. The lowest BCUT2D eigenvalue weighted by Gasteiger charge is -2.16. The zero-order valence-corrected chi connectivity index (χ0v) is 19.2. The molecule has 0 spiro atoms. The third-order valence-corrected chi connectivity index (χ3v) is 7.93. The summed E-state index contributed by atoms with van der Waals surface area (Å²) >= 11 is 1.48. The first-order valence-electron chi connectivity index (χ1n) is 9.97. The monoisotopic (exact) mass is 517 g/mol. The maximum atomic E-state index is 13.5. The Morgan fingerprint density at radius 1 is 1.09 bits per heavy atom. The summed E-state index contributed by atoms with van der Waals surface area (Å²) in [5, 5.41) is 4.75. The van der Waals surface area contributed by atoms with Gasteiger partial charge in [-0.05, 0) is 47.2 Å². The van der Waals surface area contributed by atoms with E-state index < -0.39 is 34.3 Å². The van der Waals surface area contributed by atoms with Crippen molar-refractivity contribution in [1.29, 1.82) is 0 Å². The number of halogens is 6. The Balaban J connectivity index is 1.63. The highest BCUT2D eigenvalue weighted by atomic mass is 32.2. The SMILES string of the molecule is CCSC1N=CC(=Cc2ccc3c(cnn3Cc3ccc(C(F)(F)F)cc3C(F)(F)F)c2)S1=O. The van der Waals surface area contributed by atoms with Crippen LogP contribution in [0, 0.1) is 0 Å². The molecule has 0 amide bonds. The Hall–Kier alpha value is -2.60. The second kappa shape index (κ2) is 9.21. The van der Waals surface area contributed by atoms with Crippen molar-refractivity contribution in [3.8, 4) is 0 Å². The van der Waals surface area contributed by atoms with E-state index in [4.69, 9.17) is 0 Å². The van der Waals surface area contributed by atoms with Crippen LogP contribution in [0.15, 0.2) is 52.5 Å². The van der Waals surface area contributed by atoms with E-state index in [1.807, 2.05) is 6.92 Å². The molecule has 2 aromatic carbocycles. The highest BCUT2D eigenvalue weighted by Gasteiger charge is 2.38. The molecular formula is C22H17F6N3OS2. The number of nitrogens with zero attached hydrogens (tertiary/aromatic N) is 3. The van der Waals surface area contributed by atoms with E-state index in [0.29, 0.717) is 21.9 Å². The van der Waals surface area contributed by atoms with Gasteiger partial charge in [-0.25, -0.2) is 0 Å². The molecule has 0 radical (unpaired) electrons. The molecule has 0 saturated carbocycles. The molecule has 0 fully saturated rings. The molecule has 2 heterocycles. The number of alkyl halides is 6. The molecule has 0 saturated heterocycles. The molecule has 0 N–H and O–H groups in total. The Morgan fingerprint density at radius 3 is 2.53 bits per heavy atom. The van der Waals surface area contributed by atoms with Crippen LogP contribution in [0.4, 0.5) is 26.3 Å². The van der Waals surface area contributed by atoms with E-state index in [-0.39, 0.29) is 22.9 Å². The summed E-state index contributed by atoms with van der Waals surface area (Å²) < 4.78 is 92.6. The summed E-state index contributed by atoms with van der Waals surface area (Å²) in [6.45, 7) is 1.59. The fourth-order valence-corrected chi connectivity index (χ4v) is 5.99. The smallest absolute Gasteiger partial charge is 0.264 e. The fourth-order valence-electron chi connectivity index (χ4n) is 3.50. The zero-order valence-electron chi connectivity index (χ0n) is 17.5. The Labute approximate surface area is 197 Å². The minimum Gasteiger partial charge on any atom is -0.264 e. The lowest BCUT2D eigenvalue weighted by Crippen LogP contribution is -2.15. The van der Waals surface area contributed by atoms with E-state index >= 15 is 0 Å². The number of benzene rings is 2. The van der Waals surface area contributed by atoms with Crippen molar-refractivity contribution in [1.82, 2.24) is 9.78 Å². The van der Waals surface area contributed by atoms with Crippen molar-refractivity contribution in [2.75, 3.05) is 5.75 Å². The molecular weight excluding hydrogens is 500 g/mol. The summed E-state index contributed by atoms with van der Waals surface area (Å²) in [5.41, 5.74) is -1.81. The maximum absolute atomic E-state index is 13.5. The van der Waals surface area contributed by atoms with Crippen LogP contribution in [0.3, 0.4) is 0 Å². The lowest BCUT2D eigenvalue weighted by molar-refractivity contribution is -0.143. The quantitative estimate of drug-likeness (QED) is 0.372. The van der Waals surface area contributed by atoms with Crippen LogP contribution in [0.2, 0.25) is 0 Å². The highest BCUT2D eigenvalue weighted by Crippen LogP contribution is 2.38. The van der Waals surface area contributed by atoms with Crippen LogP contribution in [0.5, 0.6) is 0 Å². The molecule has 1 aliphatic rings. The van der Waals surface area contributed by atoms with Crippen molar-refractivity contribution < 1.29 is 30.6 Å². The second-order valence-electron chi connectivity index (χ2n) is 7.37. The fraction of sp³-hybridized carbons (Fsp3) is 0.273. The Bertz CT molecular complexity index is 1310.